The van der Waals surface area contributed by atoms with Crippen LogP contribution < -0.4 is 0 Å². The molecule has 6 heteroatoms. The van der Waals surface area contributed by atoms with E-state index >= 15 is 0 Å². The van der Waals surface area contributed by atoms with Crippen molar-refractivity contribution in [2.45, 2.75) is 20.3 Å². The van der Waals surface area contributed by atoms with E-state index in [1.54, 1.807) is 21.9 Å². The van der Waals surface area contributed by atoms with Crippen LogP contribution in [0.1, 0.15) is 38.4 Å². The zero-order valence-corrected chi connectivity index (χ0v) is 16.7. The van der Waals surface area contributed by atoms with Gasteiger partial charge in [-0.05, 0) is 44.0 Å². The Balaban J connectivity index is 1.53. The van der Waals surface area contributed by atoms with Gasteiger partial charge in [0, 0.05) is 37.3 Å². The summed E-state index contributed by atoms with van der Waals surface area (Å²) in [4.78, 5) is 32.7. The van der Waals surface area contributed by atoms with Gasteiger partial charge in [0.1, 0.15) is 5.82 Å². The van der Waals surface area contributed by atoms with Crippen LogP contribution in [0.25, 0.3) is 10.9 Å². The van der Waals surface area contributed by atoms with E-state index in [9.17, 15) is 14.0 Å². The van der Waals surface area contributed by atoms with Crippen LogP contribution in [0.3, 0.4) is 0 Å². The molecule has 150 valence electrons. The maximum absolute atomic E-state index is 14.0. The van der Waals surface area contributed by atoms with Gasteiger partial charge >= 0.3 is 0 Å². The zero-order valence-electron chi connectivity index (χ0n) is 16.7. The van der Waals surface area contributed by atoms with Crippen LogP contribution in [0.5, 0.6) is 0 Å². The summed E-state index contributed by atoms with van der Waals surface area (Å²) >= 11 is 0. The van der Waals surface area contributed by atoms with Gasteiger partial charge in [-0.15, -0.1) is 0 Å². The van der Waals surface area contributed by atoms with Crippen molar-refractivity contribution in [3.63, 3.8) is 0 Å². The number of amides is 2. The monoisotopic (exact) mass is 393 g/mol. The number of carbonyl (C=O) groups excluding carboxylic acids is 2. The highest BCUT2D eigenvalue weighted by molar-refractivity contribution is 6.06. The Bertz CT molecular complexity index is 1090. The second-order valence-corrected chi connectivity index (χ2v) is 7.52. The highest BCUT2D eigenvalue weighted by Gasteiger charge is 2.26. The summed E-state index contributed by atoms with van der Waals surface area (Å²) < 4.78 is 14.0. The predicted molar refractivity (Wildman–Crippen MR) is 111 cm³/mol. The molecule has 5 nitrogen and oxygen atoms in total. The lowest BCUT2D eigenvalue weighted by atomic mass is 10.1. The lowest BCUT2D eigenvalue weighted by Gasteiger charge is -2.22. The first kappa shape index (κ1) is 19.2. The van der Waals surface area contributed by atoms with Crippen LogP contribution in [-0.4, -0.2) is 52.8 Å². The van der Waals surface area contributed by atoms with Crippen molar-refractivity contribution in [3.05, 3.63) is 70.7 Å². The fraction of sp³-hybridized carbons (Fsp3) is 0.304. The van der Waals surface area contributed by atoms with Gasteiger partial charge < -0.3 is 14.8 Å². The molecule has 3 aromatic rings. The Hall–Kier alpha value is -3.15. The molecule has 0 bridgehead atoms. The second kappa shape index (κ2) is 7.70. The van der Waals surface area contributed by atoms with E-state index in [-0.39, 0.29) is 17.4 Å². The van der Waals surface area contributed by atoms with Gasteiger partial charge in [0.25, 0.3) is 11.8 Å². The lowest BCUT2D eigenvalue weighted by molar-refractivity contribution is 0.0717. The van der Waals surface area contributed by atoms with E-state index in [2.05, 4.69) is 4.98 Å². The highest BCUT2D eigenvalue weighted by atomic mass is 19.1. The molecule has 0 unspecified atom stereocenters. The third-order valence-corrected chi connectivity index (χ3v) is 5.75. The number of halogens is 1. The number of carbonyl (C=O) groups is 2. The smallest absolute Gasteiger partial charge is 0.256 e. The largest absolute Gasteiger partial charge is 0.358 e. The van der Waals surface area contributed by atoms with Crippen LogP contribution >= 0.6 is 0 Å². The Morgan fingerprint density at radius 1 is 0.862 bits per heavy atom. The fourth-order valence-corrected chi connectivity index (χ4v) is 3.96. The molecule has 1 aliphatic rings. The van der Waals surface area contributed by atoms with Crippen molar-refractivity contribution < 1.29 is 14.0 Å². The number of para-hydroxylation sites is 1. The van der Waals surface area contributed by atoms with Gasteiger partial charge in [0.15, 0.2) is 0 Å². The molecule has 0 saturated carbocycles. The minimum Gasteiger partial charge on any atom is -0.358 e. The first-order valence-electron chi connectivity index (χ1n) is 9.88. The Labute approximate surface area is 169 Å². The molecule has 2 aromatic carbocycles. The van der Waals surface area contributed by atoms with Crippen molar-refractivity contribution >= 4 is 22.7 Å². The maximum Gasteiger partial charge on any atom is 0.256 e. The summed E-state index contributed by atoms with van der Waals surface area (Å²) in [5.41, 5.74) is 3.78. The molecule has 1 aliphatic heterocycles. The number of H-pyrrole nitrogens is 1. The molecule has 0 atom stereocenters. The zero-order chi connectivity index (χ0) is 20.5. The van der Waals surface area contributed by atoms with Gasteiger partial charge in [-0.3, -0.25) is 9.59 Å². The number of hydrogen-bond acceptors (Lipinski definition) is 2. The van der Waals surface area contributed by atoms with Crippen molar-refractivity contribution in [2.75, 3.05) is 26.2 Å². The minimum atomic E-state index is -0.515. The average molecular weight is 393 g/mol. The van der Waals surface area contributed by atoms with Gasteiger partial charge in [-0.25, -0.2) is 4.39 Å². The van der Waals surface area contributed by atoms with Crippen LogP contribution in [-0.2, 0) is 0 Å². The quantitative estimate of drug-likeness (QED) is 0.718. The molecular weight excluding hydrogens is 369 g/mol. The molecule has 1 fully saturated rings. The fourth-order valence-electron chi connectivity index (χ4n) is 3.96. The van der Waals surface area contributed by atoms with E-state index in [0.717, 1.165) is 22.2 Å². The summed E-state index contributed by atoms with van der Waals surface area (Å²) in [6, 6.07) is 11.8. The van der Waals surface area contributed by atoms with E-state index in [1.165, 1.54) is 12.1 Å². The Morgan fingerprint density at radius 2 is 1.48 bits per heavy atom. The van der Waals surface area contributed by atoms with Gasteiger partial charge in [-0.2, -0.15) is 0 Å². The third-order valence-electron chi connectivity index (χ3n) is 5.75. The second-order valence-electron chi connectivity index (χ2n) is 7.52. The highest BCUT2D eigenvalue weighted by Crippen LogP contribution is 2.25. The number of hydrogen-bond donors (Lipinski definition) is 1. The number of nitrogens with one attached hydrogen (secondary N) is 1. The summed E-state index contributed by atoms with van der Waals surface area (Å²) in [5, 5.41) is 1.06. The number of rotatable bonds is 2. The number of fused-ring (bicyclic) bond motifs is 1. The topological polar surface area (TPSA) is 56.4 Å². The van der Waals surface area contributed by atoms with Gasteiger partial charge in [0.2, 0.25) is 0 Å². The molecule has 1 aromatic heterocycles. The molecule has 2 amide bonds. The first-order chi connectivity index (χ1) is 14.0. The molecule has 29 heavy (non-hydrogen) atoms. The lowest BCUT2D eigenvalue weighted by Crippen LogP contribution is -2.37. The predicted octanol–water partition coefficient (Wildman–Crippen LogP) is 3.91. The van der Waals surface area contributed by atoms with E-state index < -0.39 is 5.82 Å². The molecule has 4 rings (SSSR count). The van der Waals surface area contributed by atoms with Crippen molar-refractivity contribution in [2.24, 2.45) is 0 Å². The van der Waals surface area contributed by atoms with Gasteiger partial charge in [-0.1, -0.05) is 24.3 Å². The average Bonchev–Trinajstić information content (AvgIpc) is 2.89. The van der Waals surface area contributed by atoms with Crippen LogP contribution in [0, 0.1) is 19.7 Å². The normalized spacial score (nSPS) is 14.9. The van der Waals surface area contributed by atoms with Crippen LogP contribution in [0.4, 0.5) is 4.39 Å². The van der Waals surface area contributed by atoms with E-state index in [1.807, 2.05) is 32.0 Å². The number of aryl methyl sites for hydroxylation is 2. The van der Waals surface area contributed by atoms with E-state index in [0.29, 0.717) is 38.2 Å². The van der Waals surface area contributed by atoms with Crippen molar-refractivity contribution in [1.29, 1.82) is 0 Å². The summed E-state index contributed by atoms with van der Waals surface area (Å²) in [6.07, 6.45) is 0.657. The minimum absolute atomic E-state index is 0.0444. The molecule has 0 radical (unpaired) electrons. The summed E-state index contributed by atoms with van der Waals surface area (Å²) in [5.74, 6) is -0.883. The van der Waals surface area contributed by atoms with Crippen LogP contribution in [0.2, 0.25) is 0 Å². The molecule has 1 saturated heterocycles. The molecule has 2 heterocycles. The first-order valence-corrected chi connectivity index (χ1v) is 9.88. The van der Waals surface area contributed by atoms with Crippen LogP contribution in [0.15, 0.2) is 42.5 Å². The SMILES string of the molecule is Cc1[nH]c2c(C(=O)N3CCCN(C(=O)c4ccccc4F)CC3)cccc2c1C. The summed E-state index contributed by atoms with van der Waals surface area (Å²) in [7, 11) is 0. The van der Waals surface area contributed by atoms with Crippen molar-refractivity contribution in [1.82, 2.24) is 14.8 Å². The van der Waals surface area contributed by atoms with Gasteiger partial charge in [0.05, 0.1) is 16.6 Å². The number of aromatic nitrogens is 1. The molecule has 0 spiro atoms. The number of nitrogens with zero attached hydrogens (tertiary/aromatic N) is 2. The number of aromatic amines is 1. The third kappa shape index (κ3) is 3.50. The molecule has 0 aliphatic carbocycles. The molecule has 1 N–H and O–H groups in total. The number of benzene rings is 2. The van der Waals surface area contributed by atoms with E-state index in [4.69, 9.17) is 0 Å². The molecular formula is C23H24FN3O2. The summed E-state index contributed by atoms with van der Waals surface area (Å²) in [6.45, 7) is 5.92. The standard InChI is InChI=1S/C23H24FN3O2/c1-15-16(2)25-21-17(15)8-5-9-19(21)23(29)27-12-6-11-26(13-14-27)22(28)18-7-3-4-10-20(18)24/h3-5,7-10,25H,6,11-14H2,1-2H3. The Kier molecular flexibility index (Phi) is 5.09. The van der Waals surface area contributed by atoms with Crippen molar-refractivity contribution in [3.8, 4) is 0 Å². The Morgan fingerprint density at radius 3 is 2.17 bits per heavy atom. The maximum atomic E-state index is 14.0.